The predicted octanol–water partition coefficient (Wildman–Crippen LogP) is 9.92. The van der Waals surface area contributed by atoms with Crippen LogP contribution in [0, 0.1) is 5.82 Å². The van der Waals surface area contributed by atoms with Gasteiger partial charge in [-0.3, -0.25) is 9.78 Å². The van der Waals surface area contributed by atoms with E-state index in [0.717, 1.165) is 22.3 Å². The Bertz CT molecular complexity index is 2710. The smallest absolute Gasteiger partial charge is 0.254 e. The minimum Gasteiger partial charge on any atom is -0.491 e. The van der Waals surface area contributed by atoms with E-state index in [1.807, 2.05) is 109 Å². The van der Waals surface area contributed by atoms with E-state index in [2.05, 4.69) is 43.0 Å². The largest absolute Gasteiger partial charge is 0.491 e. The Hall–Kier alpha value is -6.62. The molecule has 0 saturated carbocycles. The standard InChI is InChI=1S/C56H58ClFN6O7/c1-66-49-33-62-54(44-31-43(57)23-24-46(44)58)64-55(49)63-47-25-29-60-32-45(47)56(65)61-28-14-27-59-30-26-48-51(68-35-40-17-8-3-9-18-40)53(70-37-42-21-12-5-13-22-42)52(69-36-41-19-10-4-11-20-41)50(71-48)38-67-34-39-15-6-2-7-16-39/h2-13,15-25,29,31-33,48,50-53,59H,14,26-28,30,34-38H2,1H3,(H,61,65)(H,60,62,63,64)/t48?,50-,51+,52-,53-/m1/s1. The number of anilines is 2. The third-order valence-electron chi connectivity index (χ3n) is 11.9. The van der Waals surface area contributed by atoms with E-state index in [1.165, 1.54) is 37.7 Å². The average Bonchev–Trinajstić information content (AvgIpc) is 3.41. The Kier molecular flexibility index (Phi) is 19.0. The monoisotopic (exact) mass is 980 g/mol. The van der Waals surface area contributed by atoms with Crippen LogP contribution in [0.1, 0.15) is 45.5 Å². The van der Waals surface area contributed by atoms with E-state index in [9.17, 15) is 9.18 Å². The summed E-state index contributed by atoms with van der Waals surface area (Å²) in [6.07, 6.45) is 3.27. The number of ether oxygens (including phenoxy) is 6. The summed E-state index contributed by atoms with van der Waals surface area (Å²) in [5, 5.41) is 10.1. The maximum atomic E-state index is 14.8. The second-order valence-electron chi connectivity index (χ2n) is 16.9. The second-order valence-corrected chi connectivity index (χ2v) is 17.4. The molecule has 5 aromatic carbocycles. The van der Waals surface area contributed by atoms with Gasteiger partial charge in [-0.25, -0.2) is 14.4 Å². The fourth-order valence-electron chi connectivity index (χ4n) is 8.22. The third-order valence-corrected chi connectivity index (χ3v) is 12.1. The number of carbonyl (C=O) groups excluding carboxylic acids is 1. The van der Waals surface area contributed by atoms with Crippen molar-refractivity contribution >= 4 is 29.0 Å². The van der Waals surface area contributed by atoms with Crippen molar-refractivity contribution in [2.24, 2.45) is 0 Å². The van der Waals surface area contributed by atoms with Gasteiger partial charge in [0.15, 0.2) is 17.4 Å². The van der Waals surface area contributed by atoms with Crippen molar-refractivity contribution in [2.75, 3.05) is 38.7 Å². The van der Waals surface area contributed by atoms with Crippen molar-refractivity contribution in [2.45, 2.75) is 69.8 Å². The molecule has 1 amide bonds. The Morgan fingerprint density at radius 3 is 1.90 bits per heavy atom. The van der Waals surface area contributed by atoms with Crippen molar-refractivity contribution in [1.82, 2.24) is 25.6 Å². The first-order chi connectivity index (χ1) is 34.9. The van der Waals surface area contributed by atoms with Crippen LogP contribution in [0.15, 0.2) is 164 Å². The maximum absolute atomic E-state index is 14.8. The summed E-state index contributed by atoms with van der Waals surface area (Å²) < 4.78 is 54.2. The lowest BCUT2D eigenvalue weighted by molar-refractivity contribution is -0.273. The summed E-state index contributed by atoms with van der Waals surface area (Å²) in [6, 6.07) is 46.1. The molecule has 1 saturated heterocycles. The number of carbonyl (C=O) groups is 1. The molecule has 1 aliphatic rings. The van der Waals surface area contributed by atoms with Crippen LogP contribution in [0.4, 0.5) is 15.9 Å². The first-order valence-electron chi connectivity index (χ1n) is 23.7. The van der Waals surface area contributed by atoms with E-state index < -0.39 is 30.2 Å². The Labute approximate surface area is 419 Å². The van der Waals surface area contributed by atoms with Gasteiger partial charge in [-0.15, -0.1) is 0 Å². The van der Waals surface area contributed by atoms with Gasteiger partial charge in [0, 0.05) is 24.0 Å². The van der Waals surface area contributed by atoms with Crippen molar-refractivity contribution in [1.29, 1.82) is 0 Å². The Morgan fingerprint density at radius 1 is 0.690 bits per heavy atom. The van der Waals surface area contributed by atoms with Crippen LogP contribution in [0.3, 0.4) is 0 Å². The molecule has 0 bridgehead atoms. The molecule has 0 spiro atoms. The number of rotatable bonds is 25. The van der Waals surface area contributed by atoms with Gasteiger partial charge in [0.25, 0.3) is 5.91 Å². The van der Waals surface area contributed by atoms with E-state index in [4.69, 9.17) is 40.0 Å². The number of nitrogens with zero attached hydrogens (tertiary/aromatic N) is 3. The number of aromatic nitrogens is 3. The van der Waals surface area contributed by atoms with Gasteiger partial charge in [0.2, 0.25) is 0 Å². The first kappa shape index (κ1) is 50.8. The van der Waals surface area contributed by atoms with Gasteiger partial charge < -0.3 is 44.4 Å². The summed E-state index contributed by atoms with van der Waals surface area (Å²) in [4.78, 5) is 26.6. The van der Waals surface area contributed by atoms with Gasteiger partial charge in [0.05, 0.1) is 69.3 Å². The molecule has 5 atom stereocenters. The lowest BCUT2D eigenvalue weighted by atomic mass is 9.92. The molecule has 0 aliphatic carbocycles. The zero-order valence-corrected chi connectivity index (χ0v) is 40.3. The van der Waals surface area contributed by atoms with Crippen LogP contribution in [-0.4, -0.2) is 84.7 Å². The molecule has 3 heterocycles. The lowest BCUT2D eigenvalue weighted by Crippen LogP contribution is -2.61. The minimum absolute atomic E-state index is 0.0899. The van der Waals surface area contributed by atoms with Crippen LogP contribution in [-0.2, 0) is 50.1 Å². The summed E-state index contributed by atoms with van der Waals surface area (Å²) >= 11 is 6.15. The van der Waals surface area contributed by atoms with Gasteiger partial charge >= 0.3 is 0 Å². The molecule has 71 heavy (non-hydrogen) atoms. The number of pyridine rings is 1. The van der Waals surface area contributed by atoms with Crippen LogP contribution >= 0.6 is 11.6 Å². The highest BCUT2D eigenvalue weighted by molar-refractivity contribution is 6.30. The molecule has 7 aromatic rings. The van der Waals surface area contributed by atoms with E-state index in [1.54, 1.807) is 12.3 Å². The summed E-state index contributed by atoms with van der Waals surface area (Å²) in [5.41, 5.74) is 4.99. The number of halogens is 2. The fourth-order valence-corrected chi connectivity index (χ4v) is 8.39. The molecule has 1 unspecified atom stereocenters. The molecule has 1 fully saturated rings. The summed E-state index contributed by atoms with van der Waals surface area (Å²) in [5.74, 6) is -0.266. The maximum Gasteiger partial charge on any atom is 0.254 e. The zero-order chi connectivity index (χ0) is 49.0. The number of nitrogens with one attached hydrogen (secondary N) is 3. The third kappa shape index (κ3) is 14.7. The second kappa shape index (κ2) is 26.6. The zero-order valence-electron chi connectivity index (χ0n) is 39.5. The quantitative estimate of drug-likeness (QED) is 0.0469. The molecule has 15 heteroatoms. The van der Waals surface area contributed by atoms with Gasteiger partial charge in [-0.2, -0.15) is 0 Å². The highest BCUT2D eigenvalue weighted by Crippen LogP contribution is 2.33. The molecule has 3 N–H and O–H groups in total. The van der Waals surface area contributed by atoms with E-state index >= 15 is 0 Å². The number of amides is 1. The highest BCUT2D eigenvalue weighted by atomic mass is 35.5. The topological polar surface area (TPSA) is 147 Å². The SMILES string of the molecule is COc1cnc(-c2cc(Cl)ccc2F)nc1Nc1ccncc1C(=O)NCCCNCCC1O[C@H](COCc2ccccc2)[C@@H](OCc2ccccc2)[C@H](OCc2ccccc2)[C@H]1OCc1ccccc1. The van der Waals surface area contributed by atoms with Crippen molar-refractivity contribution < 1.29 is 37.6 Å². The molecule has 368 valence electrons. The summed E-state index contributed by atoms with van der Waals surface area (Å²) in [6.45, 7) is 3.36. The Balaban J connectivity index is 0.926. The molecular formula is C56H58ClFN6O7. The normalized spacial score (nSPS) is 17.6. The fraction of sp³-hybridized carbons (Fsp3) is 0.286. The van der Waals surface area contributed by atoms with Crippen LogP contribution in [0.25, 0.3) is 11.4 Å². The minimum atomic E-state index is -0.534. The molecular weight excluding hydrogens is 923 g/mol. The van der Waals surface area contributed by atoms with Crippen LogP contribution in [0.2, 0.25) is 5.02 Å². The molecule has 13 nitrogen and oxygen atoms in total. The van der Waals surface area contributed by atoms with Crippen LogP contribution in [0.5, 0.6) is 5.75 Å². The molecule has 0 radical (unpaired) electrons. The van der Waals surface area contributed by atoms with Crippen molar-refractivity contribution in [3.8, 4) is 17.1 Å². The van der Waals surface area contributed by atoms with Gasteiger partial charge in [-0.05, 0) is 72.5 Å². The van der Waals surface area contributed by atoms with E-state index in [0.29, 0.717) is 69.6 Å². The Morgan fingerprint density at radius 2 is 1.28 bits per heavy atom. The van der Waals surface area contributed by atoms with E-state index in [-0.39, 0.29) is 47.1 Å². The average molecular weight is 982 g/mol. The number of methoxy groups -OCH3 is 1. The first-order valence-corrected chi connectivity index (χ1v) is 24.1. The molecule has 8 rings (SSSR count). The van der Waals surface area contributed by atoms with Crippen molar-refractivity contribution in [3.63, 3.8) is 0 Å². The predicted molar refractivity (Wildman–Crippen MR) is 271 cm³/mol. The van der Waals surface area contributed by atoms with Gasteiger partial charge in [-0.1, -0.05) is 133 Å². The molecule has 1 aliphatic heterocycles. The number of benzene rings is 5. The number of hydrogen-bond acceptors (Lipinski definition) is 12. The van der Waals surface area contributed by atoms with Crippen molar-refractivity contribution in [3.05, 3.63) is 203 Å². The van der Waals surface area contributed by atoms with Crippen LogP contribution < -0.4 is 20.7 Å². The highest BCUT2D eigenvalue weighted by Gasteiger charge is 2.48. The lowest BCUT2D eigenvalue weighted by Gasteiger charge is -2.46. The molecule has 2 aromatic heterocycles. The number of hydrogen-bond donors (Lipinski definition) is 3. The summed E-state index contributed by atoms with van der Waals surface area (Å²) in [7, 11) is 1.47. The van der Waals surface area contributed by atoms with Gasteiger partial charge in [0.1, 0.15) is 30.2 Å².